The average Bonchev–Trinajstić information content (AvgIpc) is 1.65. The highest BCUT2D eigenvalue weighted by Crippen LogP contribution is 2.69. The highest BCUT2D eigenvalue weighted by Gasteiger charge is 2.43. The Morgan fingerprint density at radius 2 is 0.667 bits per heavy atom. The molecule has 0 spiro atoms. The summed E-state index contributed by atoms with van der Waals surface area (Å²) in [6.07, 6.45) is 0. The number of hydrogen-bond donors (Lipinski definition) is 6. The first kappa shape index (κ1) is 35.7. The Morgan fingerprint density at radius 3 is 0.810 bits per heavy atom. The van der Waals surface area contributed by atoms with E-state index >= 15 is 0 Å². The molecule has 0 aliphatic rings. The third-order valence-corrected chi connectivity index (χ3v) is 5.63. The molecule has 0 radical (unpaired) electrons. The molecule has 0 saturated carbocycles. The van der Waals surface area contributed by atoms with Crippen molar-refractivity contribution in [2.45, 2.75) is 0 Å². The molecule has 21 heteroatoms. The van der Waals surface area contributed by atoms with Gasteiger partial charge in [0.25, 0.3) is 0 Å². The van der Waals surface area contributed by atoms with Gasteiger partial charge in [0.15, 0.2) is 0 Å². The number of hydrogen-bond acceptors (Lipinski definition) is 7. The summed E-state index contributed by atoms with van der Waals surface area (Å²) < 4.78 is 50.9. The van der Waals surface area contributed by atoms with Crippen LogP contribution in [0.5, 0.6) is 0 Å². The first-order valence-corrected chi connectivity index (χ1v) is 9.08. The minimum Gasteiger partial charge on any atom is -0.302 e. The van der Waals surface area contributed by atoms with Crippen LogP contribution in [0.25, 0.3) is 0 Å². The molecule has 0 aromatic heterocycles. The molecule has 0 fully saturated rings. The third kappa shape index (κ3) is 23.6. The van der Waals surface area contributed by atoms with Crippen molar-refractivity contribution in [3.63, 3.8) is 0 Å². The summed E-state index contributed by atoms with van der Waals surface area (Å²) in [5.74, 6) is 0. The molecule has 0 aliphatic heterocycles. The van der Waals surface area contributed by atoms with Gasteiger partial charge in [0.1, 0.15) is 0 Å². The molecule has 0 saturated heterocycles. The molecule has 0 aromatic carbocycles. The topological polar surface area (TPSA) is 217 Å². The van der Waals surface area contributed by atoms with Crippen LogP contribution < -0.4 is 0 Å². The largest absolute Gasteiger partial charge is 0.490 e. The molecular weight excluding hydrogens is 429 g/mol. The quantitative estimate of drug-likeness (QED) is 0.170. The van der Waals surface area contributed by atoms with Crippen LogP contribution in [0.15, 0.2) is 0 Å². The van der Waals surface area contributed by atoms with Gasteiger partial charge in [-0.25, -0.2) is 18.3 Å². The summed E-state index contributed by atoms with van der Waals surface area (Å²) in [6.45, 7) is 0. The van der Waals surface area contributed by atoms with Crippen LogP contribution in [0.1, 0.15) is 0 Å². The molecule has 0 bridgehead atoms. The molecule has 21 heavy (non-hydrogen) atoms. The van der Waals surface area contributed by atoms with Crippen molar-refractivity contribution in [3.05, 3.63) is 0 Å². The van der Waals surface area contributed by atoms with Crippen molar-refractivity contribution < 1.29 is 60.6 Å². The second kappa shape index (κ2) is 12.9. The SMILES string of the molecule is O=P(O)(O)OP(=O)(O)OP(=O)(O)OP(=O)(O)O.[MgH2].[MgH2].[MgH2].[MgH2]. The maximum atomic E-state index is 10.7. The molecule has 2 atom stereocenters. The minimum atomic E-state index is -5.77. The lowest BCUT2D eigenvalue weighted by molar-refractivity contribution is 0.194. The molecule has 0 aromatic rings. The lowest BCUT2D eigenvalue weighted by Crippen LogP contribution is -1.95. The van der Waals surface area contributed by atoms with Crippen molar-refractivity contribution in [2.24, 2.45) is 0 Å². The summed E-state index contributed by atoms with van der Waals surface area (Å²) in [4.78, 5) is 49.4. The van der Waals surface area contributed by atoms with Crippen LogP contribution in [0, 0.1) is 0 Å². The summed E-state index contributed by atoms with van der Waals surface area (Å²) >= 11 is 0. The zero-order valence-electron chi connectivity index (χ0n) is 7.33. The van der Waals surface area contributed by atoms with E-state index in [2.05, 4.69) is 12.9 Å². The minimum absolute atomic E-state index is 0. The highest BCUT2D eigenvalue weighted by atomic mass is 31.3. The molecule has 0 heterocycles. The Labute approximate surface area is 182 Å². The van der Waals surface area contributed by atoms with Crippen molar-refractivity contribution >= 4 is 124 Å². The lowest BCUT2D eigenvalue weighted by atomic mass is 15.7. The molecule has 120 valence electrons. The molecule has 13 nitrogen and oxygen atoms in total. The van der Waals surface area contributed by atoms with Crippen LogP contribution in [0.2, 0.25) is 0 Å². The monoisotopic (exact) mass is 442 g/mol. The normalized spacial score (nSPS) is 16.7. The molecule has 2 unspecified atom stereocenters. The van der Waals surface area contributed by atoms with Gasteiger partial charge < -0.3 is 29.4 Å². The van der Waals surface area contributed by atoms with Crippen LogP contribution in [0.3, 0.4) is 0 Å². The maximum Gasteiger partial charge on any atom is 0.490 e. The Balaban J connectivity index is -0.000000213. The standard InChI is InChI=1S/4Mg.H6O13P4.8H/c;;;;1-14(2,3)11-16(7,8)13-17(9,10)12-15(4,5)6;;;;;;;;/h;;;;(H,7,8)(H,9,10)(H2,1,2,3)(H2,4,5,6);;;;;;;;. The van der Waals surface area contributed by atoms with Crippen molar-refractivity contribution in [2.75, 3.05) is 0 Å². The van der Waals surface area contributed by atoms with E-state index < -0.39 is 31.3 Å². The van der Waals surface area contributed by atoms with Gasteiger partial charge in [-0.1, -0.05) is 0 Å². The summed E-state index contributed by atoms with van der Waals surface area (Å²) in [7, 11) is -22.6. The van der Waals surface area contributed by atoms with Crippen molar-refractivity contribution in [1.29, 1.82) is 0 Å². The maximum absolute atomic E-state index is 10.7. The molecule has 0 rings (SSSR count). The fraction of sp³-hybridized carbons (Fsp3) is 0. The fourth-order valence-electron chi connectivity index (χ4n) is 0.429. The predicted molar refractivity (Wildman–Crippen MR) is 81.2 cm³/mol. The zero-order chi connectivity index (χ0) is 14.1. The van der Waals surface area contributed by atoms with Gasteiger partial charge in [0.2, 0.25) is 0 Å². The molecule has 6 N–H and O–H groups in total. The number of phosphoric acid groups is 4. The lowest BCUT2D eigenvalue weighted by Gasteiger charge is -2.15. The van der Waals surface area contributed by atoms with E-state index in [1.165, 1.54) is 0 Å². The Morgan fingerprint density at radius 1 is 0.476 bits per heavy atom. The number of rotatable bonds is 6. The van der Waals surface area contributed by atoms with Crippen molar-refractivity contribution in [3.8, 4) is 0 Å². The van der Waals surface area contributed by atoms with E-state index in [1.54, 1.807) is 0 Å². The average molecular weight is 443 g/mol. The molecule has 0 aliphatic carbocycles. The Hall–Kier alpha value is 3.62. The van der Waals surface area contributed by atoms with Crippen molar-refractivity contribution in [1.82, 2.24) is 0 Å². The van der Waals surface area contributed by atoms with Gasteiger partial charge in [0.05, 0.1) is 0 Å². The van der Waals surface area contributed by atoms with Gasteiger partial charge >= 0.3 is 124 Å². The van der Waals surface area contributed by atoms with Gasteiger partial charge in [-0.2, -0.15) is 12.9 Å². The van der Waals surface area contributed by atoms with Gasteiger partial charge in [-0.15, -0.1) is 0 Å². The Kier molecular flexibility index (Phi) is 21.9. The zero-order valence-corrected chi connectivity index (χ0v) is 10.9. The molecule has 0 amide bonds. The highest BCUT2D eigenvalue weighted by molar-refractivity contribution is 7.69. The third-order valence-electron chi connectivity index (χ3n) is 0.625. The second-order valence-corrected chi connectivity index (χ2v) is 7.96. The first-order chi connectivity index (χ1) is 7.12. The summed E-state index contributed by atoms with van der Waals surface area (Å²) in [5, 5.41) is 0. The second-order valence-electron chi connectivity index (χ2n) is 2.16. The van der Waals surface area contributed by atoms with Gasteiger partial charge in [0, 0.05) is 0 Å². The van der Waals surface area contributed by atoms with E-state index in [0.717, 1.165) is 0 Å². The van der Waals surface area contributed by atoms with Gasteiger partial charge in [-0.05, 0) is 0 Å². The Bertz CT molecular complexity index is 417. The summed E-state index contributed by atoms with van der Waals surface area (Å²) in [5.41, 5.74) is 0. The summed E-state index contributed by atoms with van der Waals surface area (Å²) in [6, 6.07) is 0. The first-order valence-electron chi connectivity index (χ1n) is 3.03. The van der Waals surface area contributed by atoms with E-state index in [4.69, 9.17) is 29.4 Å². The van der Waals surface area contributed by atoms with E-state index in [0.29, 0.717) is 0 Å². The van der Waals surface area contributed by atoms with Crippen LogP contribution in [-0.2, 0) is 31.2 Å². The van der Waals surface area contributed by atoms with E-state index in [-0.39, 0.29) is 92.2 Å². The van der Waals surface area contributed by atoms with Crippen LogP contribution >= 0.6 is 31.3 Å². The predicted octanol–water partition coefficient (Wildman–Crippen LogP) is -4.24. The van der Waals surface area contributed by atoms with E-state index in [9.17, 15) is 18.3 Å². The van der Waals surface area contributed by atoms with E-state index in [1.807, 2.05) is 0 Å². The molecular formula is H14Mg4O13P4. The van der Waals surface area contributed by atoms with Gasteiger partial charge in [-0.3, -0.25) is 0 Å². The fourth-order valence-corrected chi connectivity index (χ4v) is 4.40. The van der Waals surface area contributed by atoms with Crippen LogP contribution in [-0.4, -0.2) is 122 Å². The smallest absolute Gasteiger partial charge is 0.302 e. The van der Waals surface area contributed by atoms with Crippen LogP contribution in [0.4, 0.5) is 0 Å².